The number of nitrogens with zero attached hydrogens (tertiary/aromatic N) is 5. The summed E-state index contributed by atoms with van der Waals surface area (Å²) in [4.78, 5) is 17.6. The number of fused-ring (bicyclic) bond motifs is 2. The van der Waals surface area contributed by atoms with E-state index in [2.05, 4.69) is 20.5 Å². The molecule has 7 nitrogen and oxygen atoms in total. The zero-order valence-corrected chi connectivity index (χ0v) is 18.9. The molecular formula is C24H23F3N6O. The number of pyridine rings is 1. The number of carbonyl (C=O) groups is 1. The fourth-order valence-corrected chi connectivity index (χ4v) is 4.87. The first-order chi connectivity index (χ1) is 16.3. The molecule has 0 saturated carbocycles. The molecule has 0 saturated heterocycles. The monoisotopic (exact) mass is 468 g/mol. The van der Waals surface area contributed by atoms with Crippen LogP contribution in [0.3, 0.4) is 0 Å². The van der Waals surface area contributed by atoms with E-state index in [0.717, 1.165) is 30.5 Å². The van der Waals surface area contributed by atoms with Crippen LogP contribution in [0.1, 0.15) is 59.8 Å². The summed E-state index contributed by atoms with van der Waals surface area (Å²) in [6.45, 7) is 2.02. The van der Waals surface area contributed by atoms with Crippen LogP contribution >= 0.6 is 0 Å². The van der Waals surface area contributed by atoms with Crippen LogP contribution < -0.4 is 5.32 Å². The second-order valence-corrected chi connectivity index (χ2v) is 8.75. The van der Waals surface area contributed by atoms with Crippen LogP contribution in [-0.2, 0) is 14.1 Å². The first-order valence-corrected chi connectivity index (χ1v) is 11.1. The lowest BCUT2D eigenvalue weighted by atomic mass is 9.93. The standard InChI is InChI=1S/C24H23F3N6O/c1-12-5-4-6-18(30-24(34)14-7-8-28-23-15(14)11-29-33(23)3)21-19(12)22(32(2)31-21)13-9-16(25)20(27)17(26)10-13/h7-12,18H,4-6H2,1-3H3,(H,30,34). The Morgan fingerprint density at radius 3 is 2.59 bits per heavy atom. The molecule has 1 aliphatic rings. The van der Waals surface area contributed by atoms with E-state index < -0.39 is 23.5 Å². The van der Waals surface area contributed by atoms with E-state index in [9.17, 15) is 18.0 Å². The first-order valence-electron chi connectivity index (χ1n) is 11.1. The van der Waals surface area contributed by atoms with Crippen LogP contribution in [0.15, 0.2) is 30.6 Å². The number of aryl methyl sites for hydroxylation is 2. The average Bonchev–Trinajstić information content (AvgIpc) is 3.31. The number of rotatable bonds is 3. The number of aromatic nitrogens is 5. The Morgan fingerprint density at radius 2 is 1.85 bits per heavy atom. The van der Waals surface area contributed by atoms with Crippen LogP contribution in [-0.4, -0.2) is 30.5 Å². The van der Waals surface area contributed by atoms with Gasteiger partial charge in [0.25, 0.3) is 5.91 Å². The summed E-state index contributed by atoms with van der Waals surface area (Å²) in [5, 5.41) is 12.6. The second-order valence-electron chi connectivity index (χ2n) is 8.75. The van der Waals surface area contributed by atoms with E-state index in [0.29, 0.717) is 34.4 Å². The molecule has 3 heterocycles. The van der Waals surface area contributed by atoms with Gasteiger partial charge in [0.05, 0.1) is 34.6 Å². The van der Waals surface area contributed by atoms with Crippen LogP contribution in [0.2, 0.25) is 0 Å². The smallest absolute Gasteiger partial charge is 0.252 e. The van der Waals surface area contributed by atoms with Gasteiger partial charge in [-0.2, -0.15) is 10.2 Å². The van der Waals surface area contributed by atoms with Gasteiger partial charge in [-0.3, -0.25) is 14.2 Å². The fraction of sp³-hybridized carbons (Fsp3) is 0.333. The normalized spacial score (nSPS) is 18.1. The lowest BCUT2D eigenvalue weighted by molar-refractivity contribution is 0.0935. The van der Waals surface area contributed by atoms with Crippen molar-refractivity contribution < 1.29 is 18.0 Å². The van der Waals surface area contributed by atoms with Gasteiger partial charge in [0.2, 0.25) is 0 Å². The maximum atomic E-state index is 14.0. The summed E-state index contributed by atoms with van der Waals surface area (Å²) < 4.78 is 44.8. The molecule has 1 aliphatic carbocycles. The third-order valence-electron chi connectivity index (χ3n) is 6.51. The Hall–Kier alpha value is -3.69. The van der Waals surface area contributed by atoms with Crippen molar-refractivity contribution in [3.8, 4) is 11.3 Å². The Morgan fingerprint density at radius 1 is 1.12 bits per heavy atom. The molecule has 0 radical (unpaired) electrons. The number of carbonyl (C=O) groups excluding carboxylic acids is 1. The molecule has 0 aliphatic heterocycles. The molecule has 0 spiro atoms. The highest BCUT2D eigenvalue weighted by Crippen LogP contribution is 2.41. The van der Waals surface area contributed by atoms with Gasteiger partial charge in [-0.05, 0) is 37.0 Å². The summed E-state index contributed by atoms with van der Waals surface area (Å²) in [6.07, 6.45) is 5.47. The summed E-state index contributed by atoms with van der Waals surface area (Å²) in [5.41, 5.74) is 3.23. The molecule has 34 heavy (non-hydrogen) atoms. The first kappa shape index (κ1) is 22.1. The van der Waals surface area contributed by atoms with E-state index in [1.807, 2.05) is 6.92 Å². The summed E-state index contributed by atoms with van der Waals surface area (Å²) in [7, 11) is 3.43. The van der Waals surface area contributed by atoms with E-state index in [4.69, 9.17) is 0 Å². The molecule has 5 rings (SSSR count). The second kappa shape index (κ2) is 8.27. The maximum absolute atomic E-state index is 14.0. The van der Waals surface area contributed by atoms with Crippen molar-refractivity contribution in [3.05, 3.63) is 64.9 Å². The van der Waals surface area contributed by atoms with Gasteiger partial charge in [0, 0.05) is 31.4 Å². The van der Waals surface area contributed by atoms with Crippen LogP contribution in [0, 0.1) is 17.5 Å². The molecule has 1 aromatic carbocycles. The highest BCUT2D eigenvalue weighted by Gasteiger charge is 2.32. The van der Waals surface area contributed by atoms with Crippen molar-refractivity contribution in [2.75, 3.05) is 0 Å². The predicted molar refractivity (Wildman–Crippen MR) is 120 cm³/mol. The minimum Gasteiger partial charge on any atom is -0.344 e. The highest BCUT2D eigenvalue weighted by molar-refractivity contribution is 6.05. The lowest BCUT2D eigenvalue weighted by Gasteiger charge is -2.17. The Labute approximate surface area is 193 Å². The van der Waals surface area contributed by atoms with Crippen molar-refractivity contribution in [1.82, 2.24) is 29.9 Å². The topological polar surface area (TPSA) is 77.6 Å². The Kier molecular flexibility index (Phi) is 5.38. The van der Waals surface area contributed by atoms with E-state index >= 15 is 0 Å². The number of halogens is 3. The molecule has 1 amide bonds. The third kappa shape index (κ3) is 3.53. The molecule has 10 heteroatoms. The van der Waals surface area contributed by atoms with Crippen molar-refractivity contribution in [1.29, 1.82) is 0 Å². The van der Waals surface area contributed by atoms with Gasteiger partial charge in [-0.25, -0.2) is 18.2 Å². The van der Waals surface area contributed by atoms with Crippen molar-refractivity contribution in [3.63, 3.8) is 0 Å². The van der Waals surface area contributed by atoms with Crippen molar-refractivity contribution in [2.24, 2.45) is 14.1 Å². The zero-order chi connectivity index (χ0) is 24.1. The Bertz CT molecular complexity index is 1400. The summed E-state index contributed by atoms with van der Waals surface area (Å²) >= 11 is 0. The quantitative estimate of drug-likeness (QED) is 0.354. The number of amides is 1. The van der Waals surface area contributed by atoms with Gasteiger partial charge >= 0.3 is 0 Å². The highest BCUT2D eigenvalue weighted by atomic mass is 19.2. The van der Waals surface area contributed by atoms with E-state index in [1.54, 1.807) is 41.9 Å². The minimum absolute atomic E-state index is 0.0303. The van der Waals surface area contributed by atoms with E-state index in [-0.39, 0.29) is 17.4 Å². The predicted octanol–water partition coefficient (Wildman–Crippen LogP) is 4.54. The number of hydrogen-bond acceptors (Lipinski definition) is 4. The SMILES string of the molecule is CC1CCCC(NC(=O)c2ccnc3c2cnn3C)c2nn(C)c(-c3cc(F)c(F)c(F)c3)c21. The van der Waals surface area contributed by atoms with Gasteiger partial charge in [0.1, 0.15) is 0 Å². The summed E-state index contributed by atoms with van der Waals surface area (Å²) in [6, 6.07) is 3.21. The number of hydrogen-bond donors (Lipinski definition) is 1. The zero-order valence-electron chi connectivity index (χ0n) is 18.9. The Balaban J connectivity index is 1.56. The van der Waals surface area contributed by atoms with Gasteiger partial charge in [-0.15, -0.1) is 0 Å². The molecule has 0 bridgehead atoms. The van der Waals surface area contributed by atoms with Crippen LogP contribution in [0.5, 0.6) is 0 Å². The van der Waals surface area contributed by atoms with Crippen LogP contribution in [0.25, 0.3) is 22.3 Å². The molecule has 2 unspecified atom stereocenters. The molecule has 4 aromatic rings. The molecule has 2 atom stereocenters. The van der Waals surface area contributed by atoms with Gasteiger partial charge in [0.15, 0.2) is 23.1 Å². The van der Waals surface area contributed by atoms with Crippen LogP contribution in [0.4, 0.5) is 13.2 Å². The molecule has 3 aromatic heterocycles. The summed E-state index contributed by atoms with van der Waals surface area (Å²) in [5.74, 6) is -4.27. The van der Waals surface area contributed by atoms with Gasteiger partial charge in [-0.1, -0.05) is 13.3 Å². The van der Waals surface area contributed by atoms with Crippen molar-refractivity contribution >= 4 is 16.9 Å². The molecule has 1 N–H and O–H groups in total. The largest absolute Gasteiger partial charge is 0.344 e. The fourth-order valence-electron chi connectivity index (χ4n) is 4.87. The molecule has 176 valence electrons. The van der Waals surface area contributed by atoms with E-state index in [1.165, 1.54) is 0 Å². The number of nitrogens with one attached hydrogen (secondary N) is 1. The number of benzene rings is 1. The maximum Gasteiger partial charge on any atom is 0.252 e. The van der Waals surface area contributed by atoms with Gasteiger partial charge < -0.3 is 5.32 Å². The average molecular weight is 468 g/mol. The molecule has 0 fully saturated rings. The minimum atomic E-state index is -1.51. The molecular weight excluding hydrogens is 445 g/mol. The third-order valence-corrected chi connectivity index (χ3v) is 6.51. The lowest BCUT2D eigenvalue weighted by Crippen LogP contribution is -2.29. The van der Waals surface area contributed by atoms with Crippen molar-refractivity contribution in [2.45, 2.75) is 38.1 Å².